The number of benzene rings is 1. The van der Waals surface area contributed by atoms with Crippen LogP contribution in [0.3, 0.4) is 0 Å². The third kappa shape index (κ3) is 3.09. The molecule has 0 aromatic heterocycles. The highest BCUT2D eigenvalue weighted by molar-refractivity contribution is 5.85. The molecule has 15 heavy (non-hydrogen) atoms. The van der Waals surface area contributed by atoms with Gasteiger partial charge in [-0.1, -0.05) is 12.1 Å². The molecule has 1 aromatic carbocycles. The molecular formula is C11H18ClN3. The summed E-state index contributed by atoms with van der Waals surface area (Å²) < 4.78 is 0. The van der Waals surface area contributed by atoms with Gasteiger partial charge in [-0.2, -0.15) is 0 Å². The number of hydrogen-bond donors (Lipinski definition) is 2. The van der Waals surface area contributed by atoms with Crippen LogP contribution in [-0.2, 0) is 6.54 Å². The Morgan fingerprint density at radius 1 is 1.27 bits per heavy atom. The highest BCUT2D eigenvalue weighted by Gasteiger charge is 2.09. The van der Waals surface area contributed by atoms with Gasteiger partial charge in [-0.05, 0) is 17.7 Å². The van der Waals surface area contributed by atoms with Gasteiger partial charge in [0.25, 0.3) is 0 Å². The highest BCUT2D eigenvalue weighted by atomic mass is 35.5. The minimum Gasteiger partial charge on any atom is -0.369 e. The summed E-state index contributed by atoms with van der Waals surface area (Å²) in [6, 6.07) is 8.50. The van der Waals surface area contributed by atoms with Crippen LogP contribution >= 0.6 is 12.4 Å². The number of nitrogens with zero attached hydrogens (tertiary/aromatic N) is 1. The van der Waals surface area contributed by atoms with Gasteiger partial charge in [0.05, 0.1) is 0 Å². The van der Waals surface area contributed by atoms with E-state index in [1.54, 1.807) is 0 Å². The summed E-state index contributed by atoms with van der Waals surface area (Å²) in [5.74, 6) is 0. The fraction of sp³-hybridized carbons (Fsp3) is 0.455. The Labute approximate surface area is 97.1 Å². The number of hydrogen-bond acceptors (Lipinski definition) is 3. The average molecular weight is 228 g/mol. The molecule has 0 unspecified atom stereocenters. The molecule has 1 saturated heterocycles. The van der Waals surface area contributed by atoms with E-state index in [1.807, 2.05) is 0 Å². The second-order valence-electron chi connectivity index (χ2n) is 3.61. The van der Waals surface area contributed by atoms with Gasteiger partial charge in [0, 0.05) is 38.4 Å². The molecule has 1 fully saturated rings. The first-order chi connectivity index (χ1) is 6.90. The maximum absolute atomic E-state index is 5.62. The molecule has 0 amide bonds. The van der Waals surface area contributed by atoms with Gasteiger partial charge in [0.2, 0.25) is 0 Å². The summed E-state index contributed by atoms with van der Waals surface area (Å²) in [6.07, 6.45) is 0. The molecule has 0 atom stereocenters. The molecule has 0 bridgehead atoms. The average Bonchev–Trinajstić information content (AvgIpc) is 2.30. The zero-order chi connectivity index (χ0) is 9.80. The zero-order valence-electron chi connectivity index (χ0n) is 8.78. The smallest absolute Gasteiger partial charge is 0.0370 e. The lowest BCUT2D eigenvalue weighted by atomic mass is 10.2. The summed E-state index contributed by atoms with van der Waals surface area (Å²) in [4.78, 5) is 2.40. The molecule has 0 spiro atoms. The quantitative estimate of drug-likeness (QED) is 0.792. The lowest BCUT2D eigenvalue weighted by Crippen LogP contribution is -2.43. The van der Waals surface area contributed by atoms with E-state index in [0.717, 1.165) is 26.2 Å². The van der Waals surface area contributed by atoms with Crippen molar-refractivity contribution in [3.8, 4) is 0 Å². The zero-order valence-corrected chi connectivity index (χ0v) is 9.59. The molecule has 1 aliphatic heterocycles. The third-order valence-electron chi connectivity index (χ3n) is 2.63. The third-order valence-corrected chi connectivity index (χ3v) is 2.63. The number of anilines is 1. The molecular weight excluding hydrogens is 210 g/mol. The molecule has 1 heterocycles. The van der Waals surface area contributed by atoms with Crippen molar-refractivity contribution >= 4 is 18.1 Å². The first-order valence-electron chi connectivity index (χ1n) is 5.15. The molecule has 1 aliphatic rings. The van der Waals surface area contributed by atoms with Crippen LogP contribution < -0.4 is 16.0 Å². The van der Waals surface area contributed by atoms with Crippen LogP contribution in [0.15, 0.2) is 24.3 Å². The minimum atomic E-state index is 0. The van der Waals surface area contributed by atoms with Gasteiger partial charge in [-0.15, -0.1) is 12.4 Å². The van der Waals surface area contributed by atoms with E-state index in [0.29, 0.717) is 6.54 Å². The molecule has 0 saturated carbocycles. The van der Waals surface area contributed by atoms with Crippen LogP contribution in [0, 0.1) is 0 Å². The fourth-order valence-electron chi connectivity index (χ4n) is 1.80. The monoisotopic (exact) mass is 227 g/mol. The van der Waals surface area contributed by atoms with Crippen molar-refractivity contribution in [2.45, 2.75) is 6.54 Å². The molecule has 0 radical (unpaired) electrons. The van der Waals surface area contributed by atoms with E-state index >= 15 is 0 Å². The Kier molecular flexibility index (Phi) is 4.88. The number of nitrogens with one attached hydrogen (secondary N) is 1. The Hall–Kier alpha value is -0.770. The SMILES string of the molecule is Cl.NCc1cccc(N2CCNCC2)c1. The summed E-state index contributed by atoms with van der Waals surface area (Å²) >= 11 is 0. The number of nitrogens with two attached hydrogens (primary N) is 1. The normalized spacial score (nSPS) is 15.9. The second-order valence-corrected chi connectivity index (χ2v) is 3.61. The summed E-state index contributed by atoms with van der Waals surface area (Å²) in [5, 5.41) is 3.35. The van der Waals surface area contributed by atoms with Gasteiger partial charge in [-0.3, -0.25) is 0 Å². The topological polar surface area (TPSA) is 41.3 Å². The van der Waals surface area contributed by atoms with Crippen molar-refractivity contribution in [1.29, 1.82) is 0 Å². The Morgan fingerprint density at radius 3 is 2.67 bits per heavy atom. The highest BCUT2D eigenvalue weighted by Crippen LogP contribution is 2.16. The molecule has 84 valence electrons. The van der Waals surface area contributed by atoms with Crippen LogP contribution in [0.5, 0.6) is 0 Å². The van der Waals surface area contributed by atoms with Crippen molar-refractivity contribution in [3.63, 3.8) is 0 Å². The number of piperazine rings is 1. The molecule has 1 aromatic rings. The molecule has 4 heteroatoms. The Balaban J connectivity index is 0.00000112. The molecule has 3 N–H and O–H groups in total. The summed E-state index contributed by atoms with van der Waals surface area (Å²) in [5.41, 5.74) is 8.13. The first-order valence-corrected chi connectivity index (χ1v) is 5.15. The van der Waals surface area contributed by atoms with Crippen molar-refractivity contribution in [2.75, 3.05) is 31.1 Å². The Morgan fingerprint density at radius 2 is 2.00 bits per heavy atom. The molecule has 2 rings (SSSR count). The largest absolute Gasteiger partial charge is 0.369 e. The van der Waals surface area contributed by atoms with Crippen LogP contribution in [-0.4, -0.2) is 26.2 Å². The number of halogens is 1. The summed E-state index contributed by atoms with van der Waals surface area (Å²) in [7, 11) is 0. The van der Waals surface area contributed by atoms with Crippen molar-refractivity contribution in [1.82, 2.24) is 5.32 Å². The van der Waals surface area contributed by atoms with Crippen LogP contribution in [0.4, 0.5) is 5.69 Å². The summed E-state index contributed by atoms with van der Waals surface area (Å²) in [6.45, 7) is 4.96. The van der Waals surface area contributed by atoms with Crippen molar-refractivity contribution < 1.29 is 0 Å². The maximum atomic E-state index is 5.62. The predicted octanol–water partition coefficient (Wildman–Crippen LogP) is 0.977. The number of rotatable bonds is 2. The van der Waals surface area contributed by atoms with E-state index in [9.17, 15) is 0 Å². The van der Waals surface area contributed by atoms with E-state index in [4.69, 9.17) is 5.73 Å². The van der Waals surface area contributed by atoms with E-state index < -0.39 is 0 Å². The van der Waals surface area contributed by atoms with Crippen LogP contribution in [0.1, 0.15) is 5.56 Å². The standard InChI is InChI=1S/C11H17N3.ClH/c12-9-10-2-1-3-11(8-10)14-6-4-13-5-7-14;/h1-3,8,13H,4-7,9,12H2;1H. The lowest BCUT2D eigenvalue weighted by molar-refractivity contribution is 0.589. The molecule has 3 nitrogen and oxygen atoms in total. The maximum Gasteiger partial charge on any atom is 0.0370 e. The van der Waals surface area contributed by atoms with Crippen molar-refractivity contribution in [2.24, 2.45) is 5.73 Å². The molecule has 0 aliphatic carbocycles. The van der Waals surface area contributed by atoms with Crippen molar-refractivity contribution in [3.05, 3.63) is 29.8 Å². The van der Waals surface area contributed by atoms with E-state index in [-0.39, 0.29) is 12.4 Å². The van der Waals surface area contributed by atoms with Gasteiger partial charge in [-0.25, -0.2) is 0 Å². The van der Waals surface area contributed by atoms with Gasteiger partial charge < -0.3 is 16.0 Å². The fourth-order valence-corrected chi connectivity index (χ4v) is 1.80. The minimum absolute atomic E-state index is 0. The lowest BCUT2D eigenvalue weighted by Gasteiger charge is -2.29. The van der Waals surface area contributed by atoms with Crippen LogP contribution in [0.2, 0.25) is 0 Å². The van der Waals surface area contributed by atoms with Gasteiger partial charge in [0.1, 0.15) is 0 Å². The van der Waals surface area contributed by atoms with Crippen LogP contribution in [0.25, 0.3) is 0 Å². The van der Waals surface area contributed by atoms with Gasteiger partial charge in [0.15, 0.2) is 0 Å². The van der Waals surface area contributed by atoms with E-state index in [1.165, 1.54) is 11.3 Å². The first kappa shape index (κ1) is 12.3. The predicted molar refractivity (Wildman–Crippen MR) is 66.7 cm³/mol. The van der Waals surface area contributed by atoms with E-state index in [2.05, 4.69) is 34.5 Å². The Bertz CT molecular complexity index is 298. The second kappa shape index (κ2) is 5.95. The van der Waals surface area contributed by atoms with Gasteiger partial charge >= 0.3 is 0 Å².